The average Bonchev–Trinajstić information content (AvgIpc) is 2.82. The van der Waals surface area contributed by atoms with Crippen LogP contribution in [0.15, 0.2) is 42.5 Å². The van der Waals surface area contributed by atoms with Crippen molar-refractivity contribution < 1.29 is 18.4 Å². The third-order valence-corrected chi connectivity index (χ3v) is 6.68. The third-order valence-electron chi connectivity index (χ3n) is 6.68. The number of piperidine rings is 1. The van der Waals surface area contributed by atoms with Crippen molar-refractivity contribution in [3.63, 3.8) is 0 Å². The Kier molecular flexibility index (Phi) is 7.70. The molecule has 2 aliphatic rings. The summed E-state index contributed by atoms with van der Waals surface area (Å²) < 4.78 is 26.5. The lowest BCUT2D eigenvalue weighted by Crippen LogP contribution is -2.44. The summed E-state index contributed by atoms with van der Waals surface area (Å²) in [6, 6.07) is 11.0. The Morgan fingerprint density at radius 1 is 0.909 bits per heavy atom. The van der Waals surface area contributed by atoms with Crippen LogP contribution in [-0.2, 0) is 11.3 Å². The topological polar surface area (TPSA) is 61.4 Å². The van der Waals surface area contributed by atoms with E-state index in [-0.39, 0.29) is 17.4 Å². The molecule has 2 fully saturated rings. The molecule has 2 N–H and O–H groups in total. The van der Waals surface area contributed by atoms with Crippen molar-refractivity contribution in [2.75, 3.05) is 18.4 Å². The number of anilines is 1. The normalized spacial score (nSPS) is 18.1. The van der Waals surface area contributed by atoms with Crippen molar-refractivity contribution in [2.24, 2.45) is 5.92 Å². The lowest BCUT2D eigenvalue weighted by atomic mass is 9.92. The number of hydrogen-bond donors (Lipinski definition) is 2. The highest BCUT2D eigenvalue weighted by atomic mass is 19.2. The third kappa shape index (κ3) is 6.38. The number of amides is 2. The van der Waals surface area contributed by atoms with Crippen LogP contribution >= 0.6 is 0 Å². The van der Waals surface area contributed by atoms with Crippen LogP contribution in [0.3, 0.4) is 0 Å². The molecule has 0 bridgehead atoms. The fourth-order valence-corrected chi connectivity index (χ4v) is 4.77. The maximum absolute atomic E-state index is 13.4. The molecule has 2 aromatic rings. The van der Waals surface area contributed by atoms with Crippen LogP contribution in [0.2, 0.25) is 0 Å². The Balaban J connectivity index is 1.27. The number of nitrogens with one attached hydrogen (secondary N) is 2. The first-order valence-corrected chi connectivity index (χ1v) is 11.9. The molecule has 1 heterocycles. The summed E-state index contributed by atoms with van der Waals surface area (Å²) in [6.07, 6.45) is 7.62. The molecule has 7 heteroatoms. The van der Waals surface area contributed by atoms with Crippen LogP contribution in [0.5, 0.6) is 0 Å². The zero-order valence-electron chi connectivity index (χ0n) is 18.8. The number of rotatable bonds is 6. The predicted molar refractivity (Wildman–Crippen MR) is 124 cm³/mol. The highest BCUT2D eigenvalue weighted by molar-refractivity contribution is 6.04. The fraction of sp³-hybridized carbons (Fsp3) is 0.462. The van der Waals surface area contributed by atoms with Crippen LogP contribution in [0.1, 0.15) is 60.9 Å². The smallest absolute Gasteiger partial charge is 0.255 e. The Bertz CT molecular complexity index is 983. The van der Waals surface area contributed by atoms with Gasteiger partial charge < -0.3 is 10.6 Å². The first-order valence-electron chi connectivity index (χ1n) is 11.9. The summed E-state index contributed by atoms with van der Waals surface area (Å²) >= 11 is 0. The molecule has 5 nitrogen and oxygen atoms in total. The van der Waals surface area contributed by atoms with Gasteiger partial charge in [0.1, 0.15) is 0 Å². The Labute approximate surface area is 193 Å². The minimum Gasteiger partial charge on any atom is -0.353 e. The largest absolute Gasteiger partial charge is 0.353 e. The lowest BCUT2D eigenvalue weighted by molar-refractivity contribution is -0.127. The molecule has 2 aromatic carbocycles. The number of benzene rings is 2. The van der Waals surface area contributed by atoms with E-state index in [1.54, 1.807) is 6.07 Å². The molecule has 1 saturated heterocycles. The second kappa shape index (κ2) is 10.9. The van der Waals surface area contributed by atoms with Crippen LogP contribution in [0.4, 0.5) is 14.5 Å². The molecule has 1 aliphatic carbocycles. The number of carbonyl (C=O) groups is 2. The van der Waals surface area contributed by atoms with Gasteiger partial charge in [0, 0.05) is 29.8 Å². The van der Waals surface area contributed by atoms with E-state index in [0.29, 0.717) is 11.7 Å². The highest BCUT2D eigenvalue weighted by Crippen LogP contribution is 2.23. The summed E-state index contributed by atoms with van der Waals surface area (Å²) in [7, 11) is 0. The number of nitrogens with zero attached hydrogens (tertiary/aromatic N) is 1. The molecule has 1 aliphatic heterocycles. The summed E-state index contributed by atoms with van der Waals surface area (Å²) in [5.74, 6) is -2.22. The summed E-state index contributed by atoms with van der Waals surface area (Å²) in [6.45, 7) is 2.44. The van der Waals surface area contributed by atoms with Crippen molar-refractivity contribution in [3.05, 3.63) is 65.2 Å². The number of hydrogen-bond acceptors (Lipinski definition) is 3. The van der Waals surface area contributed by atoms with E-state index in [9.17, 15) is 18.4 Å². The molecule has 0 radical (unpaired) electrons. The van der Waals surface area contributed by atoms with Gasteiger partial charge in [-0.25, -0.2) is 8.78 Å². The second-order valence-electron chi connectivity index (χ2n) is 9.18. The van der Waals surface area contributed by atoms with Crippen LogP contribution < -0.4 is 10.6 Å². The van der Waals surface area contributed by atoms with Gasteiger partial charge in [0.2, 0.25) is 5.91 Å². The molecular weight excluding hydrogens is 424 g/mol. The van der Waals surface area contributed by atoms with Crippen molar-refractivity contribution in [3.8, 4) is 0 Å². The minimum absolute atomic E-state index is 0.0629. The van der Waals surface area contributed by atoms with Gasteiger partial charge in [-0.1, -0.05) is 31.4 Å². The van der Waals surface area contributed by atoms with Crippen molar-refractivity contribution in [1.29, 1.82) is 0 Å². The molecule has 4 rings (SSSR count). The van der Waals surface area contributed by atoms with Gasteiger partial charge in [-0.05, 0) is 74.7 Å². The standard InChI is InChI=1S/C26H31F2N3O2/c27-23-10-9-20(16-24(23)28)26(33)30-22-8-4-5-18(15-22)17-31-13-11-19(12-14-31)25(32)29-21-6-2-1-3-7-21/h4-5,8-10,15-16,19,21H,1-3,6-7,11-14,17H2,(H,29,32)(H,30,33). The summed E-state index contributed by atoms with van der Waals surface area (Å²) in [5, 5.41) is 6.00. The lowest BCUT2D eigenvalue weighted by Gasteiger charge is -2.32. The van der Waals surface area contributed by atoms with E-state index in [4.69, 9.17) is 0 Å². The molecular formula is C26H31F2N3O2. The van der Waals surface area contributed by atoms with E-state index in [2.05, 4.69) is 15.5 Å². The maximum Gasteiger partial charge on any atom is 0.255 e. The van der Waals surface area contributed by atoms with E-state index in [0.717, 1.165) is 63.0 Å². The molecule has 0 unspecified atom stereocenters. The van der Waals surface area contributed by atoms with E-state index < -0.39 is 17.5 Å². The average molecular weight is 456 g/mol. The van der Waals surface area contributed by atoms with Crippen molar-refractivity contribution >= 4 is 17.5 Å². The summed E-state index contributed by atoms with van der Waals surface area (Å²) in [5.41, 5.74) is 1.71. The van der Waals surface area contributed by atoms with Crippen molar-refractivity contribution in [1.82, 2.24) is 10.2 Å². The highest BCUT2D eigenvalue weighted by Gasteiger charge is 2.27. The first kappa shape index (κ1) is 23.4. The molecule has 1 saturated carbocycles. The van der Waals surface area contributed by atoms with E-state index in [1.807, 2.05) is 18.2 Å². The number of carbonyl (C=O) groups excluding carboxylic acids is 2. The second-order valence-corrected chi connectivity index (χ2v) is 9.18. The number of halogens is 2. The van der Waals surface area contributed by atoms with Gasteiger partial charge in [-0.3, -0.25) is 14.5 Å². The van der Waals surface area contributed by atoms with Gasteiger partial charge in [-0.15, -0.1) is 0 Å². The maximum atomic E-state index is 13.4. The fourth-order valence-electron chi connectivity index (χ4n) is 4.77. The predicted octanol–water partition coefficient (Wildman–Crippen LogP) is 4.88. The van der Waals surface area contributed by atoms with Crippen molar-refractivity contribution in [2.45, 2.75) is 57.5 Å². The quantitative estimate of drug-likeness (QED) is 0.653. The molecule has 0 spiro atoms. The monoisotopic (exact) mass is 455 g/mol. The van der Waals surface area contributed by atoms with Crippen LogP contribution in [0.25, 0.3) is 0 Å². The molecule has 176 valence electrons. The number of likely N-dealkylation sites (tertiary alicyclic amines) is 1. The Morgan fingerprint density at radius 2 is 1.67 bits per heavy atom. The summed E-state index contributed by atoms with van der Waals surface area (Å²) in [4.78, 5) is 27.3. The van der Waals surface area contributed by atoms with Crippen LogP contribution in [-0.4, -0.2) is 35.8 Å². The van der Waals surface area contributed by atoms with Gasteiger partial charge in [0.15, 0.2) is 11.6 Å². The van der Waals surface area contributed by atoms with Gasteiger partial charge in [0.05, 0.1) is 0 Å². The van der Waals surface area contributed by atoms with E-state index >= 15 is 0 Å². The Morgan fingerprint density at radius 3 is 2.39 bits per heavy atom. The zero-order valence-corrected chi connectivity index (χ0v) is 18.8. The van der Waals surface area contributed by atoms with E-state index in [1.165, 1.54) is 25.3 Å². The van der Waals surface area contributed by atoms with Gasteiger partial charge in [0.25, 0.3) is 5.91 Å². The van der Waals surface area contributed by atoms with Crippen LogP contribution in [0, 0.1) is 17.6 Å². The Hall–Kier alpha value is -2.80. The SMILES string of the molecule is O=C(Nc1cccc(CN2CCC(C(=O)NC3CCCCC3)CC2)c1)c1ccc(F)c(F)c1. The molecule has 0 atom stereocenters. The molecule has 0 aromatic heterocycles. The van der Waals surface area contributed by atoms with Gasteiger partial charge >= 0.3 is 0 Å². The zero-order chi connectivity index (χ0) is 23.2. The van der Waals surface area contributed by atoms with Gasteiger partial charge in [-0.2, -0.15) is 0 Å². The minimum atomic E-state index is -1.05. The molecule has 33 heavy (non-hydrogen) atoms. The first-order chi connectivity index (χ1) is 16.0. The molecule has 2 amide bonds.